The number of anilines is 7. The molecule has 11 aromatic rings. The summed E-state index contributed by atoms with van der Waals surface area (Å²) in [6, 6.07) is 37.2. The number of carboxylic acids is 1. The highest BCUT2D eigenvalue weighted by atomic mass is 16.5. The first kappa shape index (κ1) is 53.2. The predicted molar refractivity (Wildman–Crippen MR) is 293 cm³/mol. The molecule has 0 atom stereocenters. The lowest BCUT2D eigenvalue weighted by Crippen LogP contribution is -2.34. The maximum Gasteiger partial charge on any atom is 0.338 e. The van der Waals surface area contributed by atoms with E-state index < -0.39 is 5.97 Å². The number of carbonyl (C=O) groups excluding carboxylic acids is 1. The number of aromatic nitrogens is 15. The van der Waals surface area contributed by atoms with Crippen molar-refractivity contribution in [3.05, 3.63) is 143 Å². The molecule has 0 amide bonds. The third-order valence-electron chi connectivity index (χ3n) is 11.1. The normalized spacial score (nSPS) is 11.1. The Labute approximate surface area is 439 Å². The number of carbonyl (C=O) groups is 2. The van der Waals surface area contributed by atoms with Crippen molar-refractivity contribution in [3.8, 4) is 0 Å². The molecule has 5 aromatic carbocycles. The first-order valence-corrected chi connectivity index (χ1v) is 24.4. The number of hydrogen-bond donors (Lipinski definition) is 5. The van der Waals surface area contributed by atoms with E-state index in [0.29, 0.717) is 45.3 Å². The third kappa shape index (κ3) is 13.2. The number of aliphatic carboxylic acids is 1. The molecule has 0 radical (unpaired) electrons. The van der Waals surface area contributed by atoms with Gasteiger partial charge in [-0.15, -0.1) is 15.3 Å². The number of fused-ring (bicyclic) bond motifs is 7. The van der Waals surface area contributed by atoms with Gasteiger partial charge in [0, 0.05) is 43.0 Å². The number of carboxylic acid groups (broad SMARTS) is 1. The number of nitrogens with one attached hydrogen (secondary N) is 4. The maximum absolute atomic E-state index is 11.9. The fourth-order valence-corrected chi connectivity index (χ4v) is 7.42. The van der Waals surface area contributed by atoms with Gasteiger partial charge < -0.3 is 35.8 Å². The molecule has 0 aliphatic carbocycles. The molecule has 24 heteroatoms. The number of esters is 1. The minimum atomic E-state index is -0.858. The summed E-state index contributed by atoms with van der Waals surface area (Å²) in [5.74, 6) is 0.455. The molecule has 0 bridgehead atoms. The molecule has 11 rings (SSSR count). The molecule has 392 valence electrons. The third-order valence-corrected chi connectivity index (χ3v) is 11.1. The van der Waals surface area contributed by atoms with E-state index in [9.17, 15) is 9.59 Å². The van der Waals surface area contributed by atoms with Crippen molar-refractivity contribution < 1.29 is 24.2 Å². The van der Waals surface area contributed by atoms with Crippen molar-refractivity contribution in [3.63, 3.8) is 0 Å². The first-order valence-electron chi connectivity index (χ1n) is 24.4. The number of benzene rings is 5. The Kier molecular flexibility index (Phi) is 17.4. The Balaban J connectivity index is 0.000000146. The van der Waals surface area contributed by atoms with Gasteiger partial charge in [0.1, 0.15) is 0 Å². The van der Waals surface area contributed by atoms with E-state index in [0.717, 1.165) is 75.4 Å². The second-order valence-corrected chi connectivity index (χ2v) is 16.9. The molecule has 6 heterocycles. The monoisotopic (exact) mass is 1040 g/mol. The van der Waals surface area contributed by atoms with Crippen LogP contribution in [0.1, 0.15) is 57.0 Å². The van der Waals surface area contributed by atoms with Gasteiger partial charge in [-0.05, 0) is 156 Å². The van der Waals surface area contributed by atoms with Crippen molar-refractivity contribution in [2.75, 3.05) is 41.5 Å². The number of para-hydroxylation sites is 4. The van der Waals surface area contributed by atoms with Crippen LogP contribution in [0.2, 0.25) is 0 Å². The van der Waals surface area contributed by atoms with Crippen LogP contribution in [0.4, 0.5) is 40.2 Å². The largest absolute Gasteiger partial charge is 0.481 e. The zero-order chi connectivity index (χ0) is 54.3. The topological polar surface area (TPSA) is 289 Å². The molecule has 0 fully saturated rings. The minimum Gasteiger partial charge on any atom is -0.481 e. The summed E-state index contributed by atoms with van der Waals surface area (Å²) >= 11 is 0. The van der Waals surface area contributed by atoms with Gasteiger partial charge in [-0.1, -0.05) is 56.0 Å². The van der Waals surface area contributed by atoms with Crippen molar-refractivity contribution in [2.24, 2.45) is 0 Å². The minimum absolute atomic E-state index is 0.00710. The highest BCUT2D eigenvalue weighted by molar-refractivity contribution is 5.90. The molecule has 5 N–H and O–H groups in total. The summed E-state index contributed by atoms with van der Waals surface area (Å²) in [5, 5.41) is 58.1. The van der Waals surface area contributed by atoms with E-state index in [2.05, 4.69) is 96.3 Å². The fourth-order valence-electron chi connectivity index (χ4n) is 7.42. The smallest absolute Gasteiger partial charge is 0.338 e. The number of rotatable bonds is 14. The van der Waals surface area contributed by atoms with Gasteiger partial charge in [0.05, 0.1) is 50.9 Å². The maximum atomic E-state index is 11.9. The second kappa shape index (κ2) is 25.2. The standard InChI is InChI=1S/C18H16N6O2.C16H12N6O2.C14H15N7.C5H12O/c1-11(2)26-18(25)12-7-9-13(10-8-12)19-16-17-21-22-23-24(17)15-6-4-3-5-14(15)20-16;23-14(24)9-10-5-7-11(8-6-10)17-15-16-19-20-21-22(16)13-4-2-1-3-12(13)18-15;1-4-12-9(2)21-14(18-19-20-21)13(17-12)16-11-7-5-10(15-3)6-8-11;1-3-5-6-4-2/h3-11H,1-2H3,(H,19,20);1-8H,9H2,(H,17,18)(H,23,24);4-8,15H,2H2,1,3H3,(H,16,17);3-5H2,1-2H3/b;;12-4+;. The van der Waals surface area contributed by atoms with E-state index >= 15 is 0 Å². The summed E-state index contributed by atoms with van der Waals surface area (Å²) in [7, 11) is 1.88. The molecule has 6 aromatic heterocycles. The molecule has 0 unspecified atom stereocenters. The Morgan fingerprint density at radius 3 is 1.55 bits per heavy atom. The van der Waals surface area contributed by atoms with Crippen molar-refractivity contribution in [1.29, 1.82) is 0 Å². The Morgan fingerprint density at radius 1 is 0.636 bits per heavy atom. The zero-order valence-corrected chi connectivity index (χ0v) is 43.0. The summed E-state index contributed by atoms with van der Waals surface area (Å²) < 4.78 is 15.0. The van der Waals surface area contributed by atoms with Crippen molar-refractivity contribution >= 4 is 104 Å². The fraction of sp³-hybridized carbons (Fsp3) is 0.208. The number of ether oxygens (including phenoxy) is 2. The van der Waals surface area contributed by atoms with Gasteiger partial charge in [-0.25, -0.2) is 19.7 Å². The molecule has 0 saturated carbocycles. The summed E-state index contributed by atoms with van der Waals surface area (Å²) in [6.07, 6.45) is 2.84. The van der Waals surface area contributed by atoms with Crippen LogP contribution in [-0.2, 0) is 20.7 Å². The number of tetrazole rings is 3. The van der Waals surface area contributed by atoms with Crippen LogP contribution in [0.15, 0.2) is 121 Å². The molecular formula is C53H55N19O5. The molecular weight excluding hydrogens is 983 g/mol. The van der Waals surface area contributed by atoms with Crippen LogP contribution in [0.3, 0.4) is 0 Å². The van der Waals surface area contributed by atoms with E-state index in [1.54, 1.807) is 62.1 Å². The van der Waals surface area contributed by atoms with Crippen LogP contribution in [0.5, 0.6) is 0 Å². The van der Waals surface area contributed by atoms with Crippen LogP contribution >= 0.6 is 0 Å². The Bertz CT molecular complexity index is 3880. The Hall–Kier alpha value is -10.1. The molecule has 0 saturated heterocycles. The SMILES string of the molecule is C=c1/c(=C\C)nc(Nc2ccc(NC)cc2)c2nnnn12.CC(C)OC(=O)c1ccc(Nc2nc3ccccc3n3nnnc23)cc1.CCCOCC.O=C(O)Cc1ccc(Nc2nc3ccccc3n3nnnc23)cc1. The van der Waals surface area contributed by atoms with Gasteiger partial charge in [0.25, 0.3) is 0 Å². The average molecular weight is 1040 g/mol. The zero-order valence-electron chi connectivity index (χ0n) is 43.0. The lowest BCUT2D eigenvalue weighted by atomic mass is 10.1. The van der Waals surface area contributed by atoms with Crippen molar-refractivity contribution in [2.45, 2.75) is 53.6 Å². The summed E-state index contributed by atoms with van der Waals surface area (Å²) in [6.45, 7) is 15.4. The number of hydrogen-bond acceptors (Lipinski definition) is 20. The summed E-state index contributed by atoms with van der Waals surface area (Å²) in [4.78, 5) is 36.4. The van der Waals surface area contributed by atoms with Crippen molar-refractivity contribution in [1.82, 2.24) is 75.1 Å². The molecule has 24 nitrogen and oxygen atoms in total. The van der Waals surface area contributed by atoms with Gasteiger partial charge in [0.15, 0.2) is 17.5 Å². The quantitative estimate of drug-likeness (QED) is 0.0542. The van der Waals surface area contributed by atoms with Gasteiger partial charge in [0.2, 0.25) is 16.9 Å². The lowest BCUT2D eigenvalue weighted by molar-refractivity contribution is -0.136. The molecule has 0 aliphatic heterocycles. The second-order valence-electron chi connectivity index (χ2n) is 16.9. The predicted octanol–water partition coefficient (Wildman–Crippen LogP) is 6.97. The van der Waals surface area contributed by atoms with E-state index in [4.69, 9.17) is 14.6 Å². The van der Waals surface area contributed by atoms with E-state index in [1.165, 1.54) is 0 Å². The number of nitrogens with zero attached hydrogens (tertiary/aromatic N) is 15. The summed E-state index contributed by atoms with van der Waals surface area (Å²) in [5.41, 5.74) is 9.47. The van der Waals surface area contributed by atoms with Crippen LogP contribution in [-0.4, -0.2) is 118 Å². The molecule has 0 spiro atoms. The van der Waals surface area contributed by atoms with Crippen LogP contribution < -0.4 is 32.0 Å². The molecule has 0 aliphatic rings. The highest BCUT2D eigenvalue weighted by Gasteiger charge is 2.15. The van der Waals surface area contributed by atoms with Crippen LogP contribution in [0, 0.1) is 0 Å². The first-order chi connectivity index (χ1) is 37.5. The van der Waals surface area contributed by atoms with E-state index in [-0.39, 0.29) is 18.5 Å². The lowest BCUT2D eigenvalue weighted by Gasteiger charge is -2.10. The van der Waals surface area contributed by atoms with Crippen LogP contribution in [0.25, 0.3) is 51.7 Å². The average Bonchev–Trinajstić information content (AvgIpc) is 4.28. The van der Waals surface area contributed by atoms with Gasteiger partial charge in [-0.3, -0.25) is 4.79 Å². The highest BCUT2D eigenvalue weighted by Crippen LogP contribution is 2.25. The Morgan fingerprint density at radius 2 is 1.09 bits per heavy atom. The van der Waals surface area contributed by atoms with Gasteiger partial charge in [-0.2, -0.15) is 13.5 Å². The van der Waals surface area contributed by atoms with E-state index in [1.807, 2.05) is 114 Å². The van der Waals surface area contributed by atoms with Gasteiger partial charge >= 0.3 is 11.9 Å². The molecule has 77 heavy (non-hydrogen) atoms.